The summed E-state index contributed by atoms with van der Waals surface area (Å²) in [6.45, 7) is 15.3. The molecule has 1 aromatic heterocycles. The van der Waals surface area contributed by atoms with Gasteiger partial charge in [-0.2, -0.15) is 73.9 Å². The first kappa shape index (κ1) is 33.0. The van der Waals surface area contributed by atoms with E-state index in [9.17, 15) is 0 Å². The Hall–Kier alpha value is -4.21. The molecule has 0 bridgehead atoms. The van der Waals surface area contributed by atoms with Gasteiger partial charge in [-0.05, 0) is 25.3 Å². The van der Waals surface area contributed by atoms with E-state index in [0.717, 1.165) is 39.0 Å². The summed E-state index contributed by atoms with van der Waals surface area (Å²) in [7, 11) is 0. The molecule has 0 saturated carbocycles. The number of rotatable bonds is 2. The minimum Gasteiger partial charge on any atom is -0.656 e. The zero-order valence-electron chi connectivity index (χ0n) is 23.9. The van der Waals surface area contributed by atoms with Crippen molar-refractivity contribution in [1.82, 2.24) is 4.98 Å². The number of aryl methyl sites for hydroxylation is 2. The molecule has 6 rings (SSSR count). The predicted octanol–water partition coefficient (Wildman–Crippen LogP) is 10.8. The van der Waals surface area contributed by atoms with Crippen LogP contribution in [-0.4, -0.2) is 4.98 Å². The number of aromatic nitrogens is 1. The molecule has 0 aliphatic heterocycles. The summed E-state index contributed by atoms with van der Waals surface area (Å²) in [5.74, 6) is 0. The molecule has 0 spiro atoms. The van der Waals surface area contributed by atoms with Gasteiger partial charge in [0.05, 0.1) is 5.52 Å². The monoisotopic (exact) mass is 700 g/mol. The zero-order valence-corrected chi connectivity index (χ0v) is 27.5. The maximum absolute atomic E-state index is 4.81. The summed E-state index contributed by atoms with van der Waals surface area (Å²) in [5, 5.41) is 5.93. The Balaban J connectivity index is 0.000000220. The van der Waals surface area contributed by atoms with Crippen LogP contribution in [0.4, 0.5) is 11.4 Å². The van der Waals surface area contributed by atoms with Gasteiger partial charge in [-0.3, -0.25) is 4.98 Å². The molecule has 5 aromatic carbocycles. The van der Waals surface area contributed by atoms with Gasteiger partial charge in [0, 0.05) is 6.20 Å². The number of hydrogen-bond acceptors (Lipinski definition) is 1. The van der Waals surface area contributed by atoms with E-state index in [1.807, 2.05) is 115 Å². The third-order valence-corrected chi connectivity index (χ3v) is 5.81. The second-order valence-electron chi connectivity index (χ2n) is 9.16. The van der Waals surface area contributed by atoms with Gasteiger partial charge in [0.15, 0.2) is 0 Å². The standard InChI is InChI=1S/C17H15N2.3C7H7.Hf/c1-12-6-3-7-13(2)16(12)19-15-10-4-8-14-9-5-11-18-17(14)15;3*1-7-5-3-2-4-6-7;/h3-11H,1-2H3;3*2-6H,1H2;/q4*-1;+4. The van der Waals surface area contributed by atoms with Crippen molar-refractivity contribution < 1.29 is 25.8 Å². The Kier molecular flexibility index (Phi) is 14.6. The van der Waals surface area contributed by atoms with Crippen molar-refractivity contribution in [3.8, 4) is 0 Å². The first-order valence-corrected chi connectivity index (χ1v) is 13.2. The topological polar surface area (TPSA) is 27.0 Å². The number of nitrogens with zero attached hydrogens (tertiary/aromatic N) is 2. The van der Waals surface area contributed by atoms with Crippen molar-refractivity contribution in [3.63, 3.8) is 0 Å². The van der Waals surface area contributed by atoms with Crippen LogP contribution in [0.15, 0.2) is 146 Å². The summed E-state index contributed by atoms with van der Waals surface area (Å²) < 4.78 is 0. The summed E-state index contributed by atoms with van der Waals surface area (Å²) >= 11 is 0. The number of hydrogen-bond donors (Lipinski definition) is 0. The molecular formula is C38H36HfN2. The Morgan fingerprint density at radius 2 is 0.902 bits per heavy atom. The maximum Gasteiger partial charge on any atom is 4.00 e. The van der Waals surface area contributed by atoms with E-state index in [2.05, 4.69) is 69.9 Å². The maximum atomic E-state index is 4.81. The molecule has 2 nitrogen and oxygen atoms in total. The minimum absolute atomic E-state index is 0. The molecule has 0 atom stereocenters. The molecule has 6 aromatic rings. The van der Waals surface area contributed by atoms with E-state index in [4.69, 9.17) is 5.32 Å². The average Bonchev–Trinajstić information content (AvgIpc) is 2.97. The Bertz CT molecular complexity index is 1440. The molecule has 41 heavy (non-hydrogen) atoms. The first-order valence-electron chi connectivity index (χ1n) is 13.2. The summed E-state index contributed by atoms with van der Waals surface area (Å²) in [4.78, 5) is 4.44. The molecule has 0 N–H and O–H groups in total. The van der Waals surface area contributed by atoms with Crippen LogP contribution in [0.1, 0.15) is 27.8 Å². The third-order valence-electron chi connectivity index (χ3n) is 5.81. The molecule has 0 saturated heterocycles. The van der Waals surface area contributed by atoms with Crippen molar-refractivity contribution >= 4 is 22.3 Å². The number of benzene rings is 5. The molecule has 0 amide bonds. The van der Waals surface area contributed by atoms with Gasteiger partial charge in [0.2, 0.25) is 0 Å². The van der Waals surface area contributed by atoms with Gasteiger partial charge in [-0.15, -0.1) is 47.8 Å². The molecule has 202 valence electrons. The first-order chi connectivity index (χ1) is 19.4. The van der Waals surface area contributed by atoms with Crippen molar-refractivity contribution in [2.75, 3.05) is 0 Å². The van der Waals surface area contributed by atoms with Crippen LogP contribution >= 0.6 is 0 Å². The second kappa shape index (κ2) is 18.2. The van der Waals surface area contributed by atoms with Crippen LogP contribution in [0.3, 0.4) is 0 Å². The largest absolute Gasteiger partial charge is 4.00 e. The third kappa shape index (κ3) is 11.8. The van der Waals surface area contributed by atoms with Crippen LogP contribution in [0.25, 0.3) is 16.2 Å². The Morgan fingerprint density at radius 3 is 1.32 bits per heavy atom. The van der Waals surface area contributed by atoms with Crippen LogP contribution in [0.5, 0.6) is 0 Å². The molecule has 0 unspecified atom stereocenters. The van der Waals surface area contributed by atoms with Gasteiger partial charge < -0.3 is 5.32 Å². The zero-order chi connectivity index (χ0) is 28.6. The van der Waals surface area contributed by atoms with E-state index >= 15 is 0 Å². The Labute approximate surface area is 265 Å². The molecule has 0 radical (unpaired) electrons. The van der Waals surface area contributed by atoms with Gasteiger partial charge >= 0.3 is 25.8 Å². The molecule has 0 aliphatic carbocycles. The number of fused-ring (bicyclic) bond motifs is 1. The minimum atomic E-state index is 0. The van der Waals surface area contributed by atoms with Crippen LogP contribution in [-0.2, 0) is 25.8 Å². The average molecular weight is 699 g/mol. The quantitative estimate of drug-likeness (QED) is 0.131. The van der Waals surface area contributed by atoms with Crippen molar-refractivity contribution in [1.29, 1.82) is 0 Å². The second-order valence-corrected chi connectivity index (χ2v) is 9.16. The molecular weight excluding hydrogens is 663 g/mol. The van der Waals surface area contributed by atoms with E-state index in [1.54, 1.807) is 0 Å². The molecule has 0 fully saturated rings. The Morgan fingerprint density at radius 1 is 0.488 bits per heavy atom. The molecule has 1 heterocycles. The number of pyridine rings is 1. The van der Waals surface area contributed by atoms with E-state index in [0.29, 0.717) is 0 Å². The van der Waals surface area contributed by atoms with Gasteiger partial charge in [0.1, 0.15) is 0 Å². The fourth-order valence-corrected chi connectivity index (χ4v) is 3.71. The van der Waals surface area contributed by atoms with Gasteiger partial charge in [0.25, 0.3) is 0 Å². The fraction of sp³-hybridized carbons (Fsp3) is 0.0526. The summed E-state index contributed by atoms with van der Waals surface area (Å²) in [5.41, 5.74) is 8.51. The van der Waals surface area contributed by atoms with E-state index in [1.165, 1.54) is 11.1 Å². The van der Waals surface area contributed by atoms with Crippen molar-refractivity contribution in [2.45, 2.75) is 13.8 Å². The SMILES string of the molecule is Cc1cccc(C)c1[N-]c1cccc2cccnc12.[CH2-]c1ccccc1.[CH2-]c1ccccc1.[CH2-]c1ccccc1.[Hf+4]. The van der Waals surface area contributed by atoms with Crippen molar-refractivity contribution in [3.05, 3.63) is 200 Å². The van der Waals surface area contributed by atoms with E-state index in [-0.39, 0.29) is 25.8 Å². The van der Waals surface area contributed by atoms with Gasteiger partial charge in [-0.1, -0.05) is 71.8 Å². The van der Waals surface area contributed by atoms with E-state index < -0.39 is 0 Å². The predicted molar refractivity (Wildman–Crippen MR) is 173 cm³/mol. The van der Waals surface area contributed by atoms with Gasteiger partial charge in [-0.25, -0.2) is 0 Å². The summed E-state index contributed by atoms with van der Waals surface area (Å²) in [6, 6.07) is 46.0. The van der Waals surface area contributed by atoms with Crippen molar-refractivity contribution in [2.24, 2.45) is 0 Å². The fourth-order valence-electron chi connectivity index (χ4n) is 3.71. The molecule has 3 heteroatoms. The molecule has 0 aliphatic rings. The van der Waals surface area contributed by atoms with Crippen LogP contribution in [0, 0.1) is 34.6 Å². The van der Waals surface area contributed by atoms with Crippen LogP contribution in [0.2, 0.25) is 0 Å². The summed E-state index contributed by atoms with van der Waals surface area (Å²) in [6.07, 6.45) is 1.81. The normalized spacial score (nSPS) is 9.32. The smallest absolute Gasteiger partial charge is 0.656 e. The number of para-hydroxylation sites is 2. The van der Waals surface area contributed by atoms with Crippen LogP contribution < -0.4 is 0 Å².